The molecule has 0 atom stereocenters. The molecule has 1 nitrogen and oxygen atoms in total. The Balaban J connectivity index is 2.30. The van der Waals surface area contributed by atoms with Crippen LogP contribution >= 0.6 is 15.9 Å². The summed E-state index contributed by atoms with van der Waals surface area (Å²) in [5.41, 5.74) is 2.24. The first-order valence-electron chi connectivity index (χ1n) is 3.98. The zero-order valence-electron chi connectivity index (χ0n) is 6.91. The number of ether oxygens (including phenoxy) is 1. The third kappa shape index (κ3) is 2.04. The number of benzene rings is 1. The molecule has 3 heteroatoms. The van der Waals surface area contributed by atoms with Crippen molar-refractivity contribution in [1.29, 1.82) is 0 Å². The van der Waals surface area contributed by atoms with Crippen LogP contribution < -0.4 is 0 Å². The minimum Gasteiger partial charge on any atom is -0.474 e. The molecule has 0 bridgehead atoms. The normalized spacial score (nSPS) is 14.4. The monoisotopic (exact) mass is 233 g/mol. The van der Waals surface area contributed by atoms with Crippen molar-refractivity contribution in [1.82, 2.24) is 0 Å². The maximum absolute atomic E-state index is 5.09. The Morgan fingerprint density at radius 2 is 2.23 bits per heavy atom. The van der Waals surface area contributed by atoms with Gasteiger partial charge in [-0.1, -0.05) is 34.0 Å². The van der Waals surface area contributed by atoms with Crippen molar-refractivity contribution < 1.29 is 4.74 Å². The molecule has 1 heterocycles. The first-order valence-corrected chi connectivity index (χ1v) is 4.77. The summed E-state index contributed by atoms with van der Waals surface area (Å²) in [5, 5.41) is 0. The van der Waals surface area contributed by atoms with Crippen LogP contribution in [-0.4, -0.2) is 7.28 Å². The van der Waals surface area contributed by atoms with E-state index in [-0.39, 0.29) is 0 Å². The molecule has 0 N–H and O–H groups in total. The van der Waals surface area contributed by atoms with Crippen molar-refractivity contribution in [2.45, 2.75) is 0 Å². The van der Waals surface area contributed by atoms with Crippen LogP contribution in [0.15, 0.2) is 47.2 Å². The largest absolute Gasteiger partial charge is 0.474 e. The molecular formula is C10H7BBrO. The summed E-state index contributed by atoms with van der Waals surface area (Å²) < 4.78 is 6.16. The molecule has 0 aromatic heterocycles. The molecule has 0 fully saturated rings. The highest BCUT2D eigenvalue weighted by atomic mass is 79.9. The predicted molar refractivity (Wildman–Crippen MR) is 58.1 cm³/mol. The van der Waals surface area contributed by atoms with Crippen molar-refractivity contribution in [3.63, 3.8) is 0 Å². The summed E-state index contributed by atoms with van der Waals surface area (Å²) in [4.78, 5) is 0. The van der Waals surface area contributed by atoms with E-state index in [1.807, 2.05) is 25.4 Å². The number of hydrogen-bond donors (Lipinski definition) is 0. The first kappa shape index (κ1) is 8.63. The minimum atomic E-state index is 1.08. The predicted octanol–water partition coefficient (Wildman–Crippen LogP) is 2.95. The molecule has 0 unspecified atom stereocenters. The molecule has 63 valence electrons. The molecule has 1 aromatic carbocycles. The van der Waals surface area contributed by atoms with Crippen LogP contribution in [0, 0.1) is 0 Å². The van der Waals surface area contributed by atoms with Gasteiger partial charge in [0.15, 0.2) is 7.28 Å². The fourth-order valence-corrected chi connectivity index (χ4v) is 1.57. The average Bonchev–Trinajstić information content (AvgIpc) is 2.19. The standard InChI is InChI=1S/C10H7BBrO/c12-9-3-1-2-8(6-9)10-7-13-5-4-11-10/h1-7H. The van der Waals surface area contributed by atoms with Gasteiger partial charge in [0.2, 0.25) is 0 Å². The molecule has 0 saturated heterocycles. The van der Waals surface area contributed by atoms with Crippen LogP contribution in [-0.2, 0) is 4.74 Å². The molecule has 1 aliphatic heterocycles. The Bertz CT molecular complexity index is 371. The fourth-order valence-electron chi connectivity index (χ4n) is 1.17. The fraction of sp³-hybridized carbons (Fsp3) is 0. The lowest BCUT2D eigenvalue weighted by atomic mass is 9.67. The molecule has 13 heavy (non-hydrogen) atoms. The third-order valence-electron chi connectivity index (χ3n) is 1.79. The van der Waals surface area contributed by atoms with Crippen molar-refractivity contribution in [3.05, 3.63) is 52.8 Å². The zero-order chi connectivity index (χ0) is 9.10. The van der Waals surface area contributed by atoms with Gasteiger partial charge >= 0.3 is 0 Å². The third-order valence-corrected chi connectivity index (χ3v) is 2.28. The van der Waals surface area contributed by atoms with Crippen molar-refractivity contribution in [3.8, 4) is 0 Å². The first-order chi connectivity index (χ1) is 6.36. The topological polar surface area (TPSA) is 9.23 Å². The Morgan fingerprint density at radius 1 is 1.31 bits per heavy atom. The number of rotatable bonds is 1. The van der Waals surface area contributed by atoms with Crippen LogP contribution in [0.5, 0.6) is 0 Å². The van der Waals surface area contributed by atoms with Gasteiger partial charge in [0.1, 0.15) is 0 Å². The Hall–Kier alpha value is -0.955. The van der Waals surface area contributed by atoms with E-state index in [4.69, 9.17) is 4.74 Å². The second-order valence-corrected chi connectivity index (χ2v) is 3.63. The number of halogens is 1. The van der Waals surface area contributed by atoms with Gasteiger partial charge in [-0.3, -0.25) is 0 Å². The van der Waals surface area contributed by atoms with Gasteiger partial charge < -0.3 is 4.74 Å². The van der Waals surface area contributed by atoms with Gasteiger partial charge in [0.25, 0.3) is 0 Å². The van der Waals surface area contributed by atoms with Gasteiger partial charge in [-0.05, 0) is 23.2 Å². The van der Waals surface area contributed by atoms with E-state index >= 15 is 0 Å². The summed E-state index contributed by atoms with van der Waals surface area (Å²) in [7, 11) is 2.02. The maximum Gasteiger partial charge on any atom is 0.190 e. The van der Waals surface area contributed by atoms with E-state index in [0.717, 1.165) is 15.5 Å². The highest BCUT2D eigenvalue weighted by Gasteiger charge is 2.04. The summed E-state index contributed by atoms with van der Waals surface area (Å²) >= 11 is 3.43. The van der Waals surface area contributed by atoms with Gasteiger partial charge in [0, 0.05) is 4.47 Å². The molecular weight excluding hydrogens is 227 g/mol. The van der Waals surface area contributed by atoms with E-state index < -0.39 is 0 Å². The maximum atomic E-state index is 5.09. The summed E-state index contributed by atoms with van der Waals surface area (Å²) in [6.45, 7) is 0. The molecule has 0 spiro atoms. The molecule has 0 saturated carbocycles. The van der Waals surface area contributed by atoms with Crippen molar-refractivity contribution >= 4 is 28.7 Å². The SMILES string of the molecule is Brc1cccc(C2=COC=C[B]2)c1. The van der Waals surface area contributed by atoms with Crippen LogP contribution in [0.3, 0.4) is 0 Å². The van der Waals surface area contributed by atoms with E-state index in [0.29, 0.717) is 0 Å². The van der Waals surface area contributed by atoms with E-state index in [2.05, 4.69) is 28.1 Å². The number of hydrogen-bond acceptors (Lipinski definition) is 1. The molecule has 0 aliphatic carbocycles. The second kappa shape index (κ2) is 3.84. The molecule has 0 amide bonds. The van der Waals surface area contributed by atoms with E-state index in [9.17, 15) is 0 Å². The molecule has 1 aromatic rings. The van der Waals surface area contributed by atoms with E-state index in [1.165, 1.54) is 0 Å². The molecule has 1 radical (unpaired) electrons. The lowest BCUT2D eigenvalue weighted by Gasteiger charge is -2.07. The van der Waals surface area contributed by atoms with Crippen molar-refractivity contribution in [2.75, 3.05) is 0 Å². The highest BCUT2D eigenvalue weighted by Crippen LogP contribution is 2.20. The smallest absolute Gasteiger partial charge is 0.190 e. The lowest BCUT2D eigenvalue weighted by molar-refractivity contribution is 0.405. The lowest BCUT2D eigenvalue weighted by Crippen LogP contribution is -1.97. The summed E-state index contributed by atoms with van der Waals surface area (Å²) in [6.07, 6.45) is 3.39. The van der Waals surface area contributed by atoms with Crippen molar-refractivity contribution in [2.24, 2.45) is 0 Å². The van der Waals surface area contributed by atoms with Crippen LogP contribution in [0.2, 0.25) is 0 Å². The average molecular weight is 234 g/mol. The van der Waals surface area contributed by atoms with Gasteiger partial charge in [-0.2, -0.15) is 0 Å². The second-order valence-electron chi connectivity index (χ2n) is 2.71. The van der Waals surface area contributed by atoms with Gasteiger partial charge in [0.05, 0.1) is 12.5 Å². The van der Waals surface area contributed by atoms with Crippen LogP contribution in [0.25, 0.3) is 5.47 Å². The quantitative estimate of drug-likeness (QED) is 0.678. The minimum absolute atomic E-state index is 1.08. The molecule has 2 rings (SSSR count). The Kier molecular flexibility index (Phi) is 2.55. The summed E-state index contributed by atoms with van der Waals surface area (Å²) in [6, 6.07) is 8.12. The van der Waals surface area contributed by atoms with Crippen LogP contribution in [0.1, 0.15) is 5.56 Å². The Morgan fingerprint density at radius 3 is 2.92 bits per heavy atom. The van der Waals surface area contributed by atoms with E-state index in [1.54, 1.807) is 12.5 Å². The van der Waals surface area contributed by atoms with Gasteiger partial charge in [-0.15, -0.1) is 0 Å². The molecule has 1 aliphatic rings. The van der Waals surface area contributed by atoms with Crippen LogP contribution in [0.4, 0.5) is 0 Å². The zero-order valence-corrected chi connectivity index (χ0v) is 8.49. The Labute approximate surface area is 86.5 Å². The highest BCUT2D eigenvalue weighted by molar-refractivity contribution is 9.10. The van der Waals surface area contributed by atoms with Gasteiger partial charge in [-0.25, -0.2) is 0 Å². The summed E-state index contributed by atoms with van der Waals surface area (Å²) in [5.74, 6) is 1.89.